The van der Waals surface area contributed by atoms with Crippen LogP contribution in [-0.4, -0.2) is 0 Å². The molecule has 0 saturated heterocycles. The third-order valence-corrected chi connectivity index (χ3v) is 2.76. The van der Waals surface area contributed by atoms with E-state index in [0.717, 1.165) is 0 Å². The Kier molecular flexibility index (Phi) is 2.83. The van der Waals surface area contributed by atoms with Gasteiger partial charge in [0.15, 0.2) is 0 Å². The summed E-state index contributed by atoms with van der Waals surface area (Å²) in [5.74, 6) is 0. The summed E-state index contributed by atoms with van der Waals surface area (Å²) in [5.41, 5.74) is 4.30. The summed E-state index contributed by atoms with van der Waals surface area (Å²) in [6.45, 7) is 2.13. The third-order valence-electron chi connectivity index (χ3n) is 2.76. The topological polar surface area (TPSA) is 0 Å². The first-order valence-corrected chi connectivity index (χ1v) is 5.33. The van der Waals surface area contributed by atoms with Gasteiger partial charge in [0.1, 0.15) is 0 Å². The van der Waals surface area contributed by atoms with Crippen LogP contribution in [0.2, 0.25) is 0 Å². The molecule has 2 rings (SSSR count). The van der Waals surface area contributed by atoms with Gasteiger partial charge in [-0.15, -0.1) is 0 Å². The molecule has 0 fully saturated rings. The lowest BCUT2D eigenvalue weighted by Gasteiger charge is -2.07. The summed E-state index contributed by atoms with van der Waals surface area (Å²) in [7, 11) is 0. The van der Waals surface area contributed by atoms with Crippen LogP contribution in [0.25, 0.3) is 5.57 Å². The molecule has 1 aromatic rings. The molecule has 0 radical (unpaired) electrons. The Morgan fingerprint density at radius 1 is 1.21 bits per heavy atom. The van der Waals surface area contributed by atoms with E-state index < -0.39 is 0 Å². The highest BCUT2D eigenvalue weighted by Gasteiger charge is 2.10. The van der Waals surface area contributed by atoms with Gasteiger partial charge in [0, 0.05) is 0 Å². The highest BCUT2D eigenvalue weighted by atomic mass is 14.1. The SMILES string of the molecule is C/C=C(\C1=CCCC1)c1ccccc1. The van der Waals surface area contributed by atoms with Crippen LogP contribution in [0, 0.1) is 0 Å². The van der Waals surface area contributed by atoms with E-state index in [-0.39, 0.29) is 0 Å². The van der Waals surface area contributed by atoms with Crippen LogP contribution in [0.5, 0.6) is 0 Å². The number of hydrogen-bond acceptors (Lipinski definition) is 0. The van der Waals surface area contributed by atoms with Crippen molar-refractivity contribution in [1.29, 1.82) is 0 Å². The van der Waals surface area contributed by atoms with Gasteiger partial charge in [0.2, 0.25) is 0 Å². The predicted molar refractivity (Wildman–Crippen MR) is 62.0 cm³/mol. The molecule has 0 amide bonds. The van der Waals surface area contributed by atoms with Gasteiger partial charge in [-0.2, -0.15) is 0 Å². The molecule has 0 aliphatic heterocycles. The molecular weight excluding hydrogens is 168 g/mol. The van der Waals surface area contributed by atoms with Crippen LogP contribution >= 0.6 is 0 Å². The molecule has 1 aliphatic rings. The first-order chi connectivity index (χ1) is 6.92. The van der Waals surface area contributed by atoms with Crippen LogP contribution in [-0.2, 0) is 0 Å². The zero-order valence-electron chi connectivity index (χ0n) is 8.66. The lowest BCUT2D eigenvalue weighted by Crippen LogP contribution is -1.86. The van der Waals surface area contributed by atoms with Gasteiger partial charge in [-0.1, -0.05) is 42.5 Å². The van der Waals surface area contributed by atoms with Gasteiger partial charge in [0.25, 0.3) is 0 Å². The van der Waals surface area contributed by atoms with Gasteiger partial charge in [-0.05, 0) is 42.9 Å². The van der Waals surface area contributed by atoms with Gasteiger partial charge >= 0.3 is 0 Å². The molecule has 0 atom stereocenters. The van der Waals surface area contributed by atoms with Crippen molar-refractivity contribution >= 4 is 5.57 Å². The van der Waals surface area contributed by atoms with E-state index in [1.165, 1.54) is 36.0 Å². The third kappa shape index (κ3) is 1.79. The first-order valence-electron chi connectivity index (χ1n) is 5.33. The number of benzene rings is 1. The van der Waals surface area contributed by atoms with Crippen molar-refractivity contribution in [2.24, 2.45) is 0 Å². The summed E-state index contributed by atoms with van der Waals surface area (Å²) in [5, 5.41) is 0. The fourth-order valence-corrected chi connectivity index (χ4v) is 2.07. The molecule has 0 heteroatoms. The van der Waals surface area contributed by atoms with Gasteiger partial charge < -0.3 is 0 Å². The molecule has 0 heterocycles. The Hall–Kier alpha value is -1.30. The number of allylic oxidation sites excluding steroid dienone is 4. The zero-order chi connectivity index (χ0) is 9.80. The minimum absolute atomic E-state index is 1.24. The molecule has 0 saturated carbocycles. The maximum atomic E-state index is 2.38. The lowest BCUT2D eigenvalue weighted by atomic mass is 9.97. The van der Waals surface area contributed by atoms with Crippen molar-refractivity contribution in [3.63, 3.8) is 0 Å². The minimum Gasteiger partial charge on any atom is -0.0807 e. The Morgan fingerprint density at radius 2 is 2.00 bits per heavy atom. The highest BCUT2D eigenvalue weighted by molar-refractivity contribution is 5.79. The zero-order valence-corrected chi connectivity index (χ0v) is 8.66. The summed E-state index contributed by atoms with van der Waals surface area (Å²) in [6, 6.07) is 10.7. The second-order valence-electron chi connectivity index (χ2n) is 3.69. The van der Waals surface area contributed by atoms with Crippen molar-refractivity contribution in [3.8, 4) is 0 Å². The first kappa shape index (κ1) is 9.26. The molecule has 0 N–H and O–H groups in total. The molecule has 0 bridgehead atoms. The maximum absolute atomic E-state index is 2.38. The van der Waals surface area contributed by atoms with Crippen molar-refractivity contribution in [2.75, 3.05) is 0 Å². The molecule has 0 aromatic heterocycles. The maximum Gasteiger partial charge on any atom is -0.0185 e. The second kappa shape index (κ2) is 4.28. The van der Waals surface area contributed by atoms with Crippen LogP contribution in [0.15, 0.2) is 48.1 Å². The summed E-state index contributed by atoms with van der Waals surface area (Å²) in [4.78, 5) is 0. The molecule has 0 nitrogen and oxygen atoms in total. The average Bonchev–Trinajstić information content (AvgIpc) is 2.74. The predicted octanol–water partition coefficient (Wildman–Crippen LogP) is 4.20. The van der Waals surface area contributed by atoms with Gasteiger partial charge in [-0.25, -0.2) is 0 Å². The molecule has 0 unspecified atom stereocenters. The molecular formula is C14H16. The van der Waals surface area contributed by atoms with Crippen LogP contribution < -0.4 is 0 Å². The van der Waals surface area contributed by atoms with Crippen molar-refractivity contribution < 1.29 is 0 Å². The smallest absolute Gasteiger partial charge is 0.0185 e. The van der Waals surface area contributed by atoms with Crippen molar-refractivity contribution in [3.05, 3.63) is 53.6 Å². The van der Waals surface area contributed by atoms with Crippen LogP contribution in [0.1, 0.15) is 31.7 Å². The van der Waals surface area contributed by atoms with E-state index in [2.05, 4.69) is 49.4 Å². The van der Waals surface area contributed by atoms with Crippen molar-refractivity contribution in [2.45, 2.75) is 26.2 Å². The lowest BCUT2D eigenvalue weighted by molar-refractivity contribution is 0.918. The molecule has 72 valence electrons. The van der Waals surface area contributed by atoms with Gasteiger partial charge in [-0.3, -0.25) is 0 Å². The second-order valence-corrected chi connectivity index (χ2v) is 3.69. The van der Waals surface area contributed by atoms with E-state index >= 15 is 0 Å². The number of hydrogen-bond donors (Lipinski definition) is 0. The molecule has 0 spiro atoms. The summed E-state index contributed by atoms with van der Waals surface area (Å²) in [6.07, 6.45) is 8.42. The Bertz CT molecular complexity index is 355. The monoisotopic (exact) mass is 184 g/mol. The average molecular weight is 184 g/mol. The van der Waals surface area contributed by atoms with E-state index in [1.54, 1.807) is 0 Å². The molecule has 1 aromatic carbocycles. The normalized spacial score (nSPS) is 16.9. The highest BCUT2D eigenvalue weighted by Crippen LogP contribution is 2.31. The van der Waals surface area contributed by atoms with E-state index in [4.69, 9.17) is 0 Å². The quantitative estimate of drug-likeness (QED) is 0.646. The Morgan fingerprint density at radius 3 is 2.57 bits per heavy atom. The minimum atomic E-state index is 1.24. The van der Waals surface area contributed by atoms with Crippen LogP contribution in [0.4, 0.5) is 0 Å². The van der Waals surface area contributed by atoms with Gasteiger partial charge in [0.05, 0.1) is 0 Å². The standard InChI is InChI=1S/C14H16/c1-2-14(13-10-6-7-11-13)12-8-4-3-5-9-12/h2-5,8-10H,6-7,11H2,1H3/b14-2-. The van der Waals surface area contributed by atoms with E-state index in [1.807, 2.05) is 0 Å². The Balaban J connectivity index is 2.31. The fraction of sp³-hybridized carbons (Fsp3) is 0.286. The summed E-state index contributed by atoms with van der Waals surface area (Å²) < 4.78 is 0. The van der Waals surface area contributed by atoms with Crippen LogP contribution in [0.3, 0.4) is 0 Å². The summed E-state index contributed by atoms with van der Waals surface area (Å²) >= 11 is 0. The van der Waals surface area contributed by atoms with E-state index in [0.29, 0.717) is 0 Å². The molecule has 1 aliphatic carbocycles. The number of rotatable bonds is 2. The Labute approximate surface area is 86.0 Å². The van der Waals surface area contributed by atoms with Crippen molar-refractivity contribution in [1.82, 2.24) is 0 Å². The van der Waals surface area contributed by atoms with E-state index in [9.17, 15) is 0 Å². The fourth-order valence-electron chi connectivity index (χ4n) is 2.07. The molecule has 14 heavy (non-hydrogen) atoms. The largest absolute Gasteiger partial charge is 0.0807 e.